The number of amides is 3. The Morgan fingerprint density at radius 1 is 1.21 bits per heavy atom. The zero-order valence-electron chi connectivity index (χ0n) is 23.0. The predicted octanol–water partition coefficient (Wildman–Crippen LogP) is 3.47. The van der Waals surface area contributed by atoms with E-state index >= 15 is 0 Å². The summed E-state index contributed by atoms with van der Waals surface area (Å²) in [6, 6.07) is 9.15. The van der Waals surface area contributed by atoms with Gasteiger partial charge in [0.15, 0.2) is 12.5 Å². The number of aryl methyl sites for hydroxylation is 1. The highest BCUT2D eigenvalue weighted by Crippen LogP contribution is 2.46. The first kappa shape index (κ1) is 29.9. The zero-order valence-corrected chi connectivity index (χ0v) is 23.0. The highest BCUT2D eigenvalue weighted by atomic mass is 19.4. The fourth-order valence-electron chi connectivity index (χ4n) is 5.51. The van der Waals surface area contributed by atoms with Crippen molar-refractivity contribution in [2.24, 2.45) is 4.99 Å². The van der Waals surface area contributed by atoms with Gasteiger partial charge in [0.05, 0.1) is 20.2 Å². The van der Waals surface area contributed by atoms with E-state index in [0.29, 0.717) is 34.8 Å². The molecule has 5 rings (SSSR count). The van der Waals surface area contributed by atoms with Crippen molar-refractivity contribution in [3.8, 4) is 0 Å². The number of nitrogens with zero attached hydrogens (tertiary/aromatic N) is 3. The van der Waals surface area contributed by atoms with Gasteiger partial charge in [0.25, 0.3) is 5.91 Å². The Balaban J connectivity index is 1.38. The first-order valence-corrected chi connectivity index (χ1v) is 13.2. The minimum atomic E-state index is -4.94. The zero-order chi connectivity index (χ0) is 31.2. The molecule has 3 aliphatic rings. The maximum absolute atomic E-state index is 14.3. The number of fused-ring (bicyclic) bond motifs is 2. The fraction of sp³-hybridized carbons (Fsp3) is 0.393. The largest absolute Gasteiger partial charge is 0.452 e. The van der Waals surface area contributed by atoms with Gasteiger partial charge >= 0.3 is 18.4 Å². The Bertz CT molecular complexity index is 1500. The van der Waals surface area contributed by atoms with Crippen molar-refractivity contribution in [3.05, 3.63) is 65.0 Å². The van der Waals surface area contributed by atoms with Crippen molar-refractivity contribution in [1.29, 1.82) is 0 Å². The molecular formula is C28H27F4N5O6. The van der Waals surface area contributed by atoms with E-state index in [-0.39, 0.29) is 30.7 Å². The number of imide groups is 1. The molecule has 11 nitrogen and oxygen atoms in total. The number of halogens is 4. The lowest BCUT2D eigenvalue weighted by Gasteiger charge is -2.37. The second-order valence-electron chi connectivity index (χ2n) is 10.6. The third-order valence-electron chi connectivity index (χ3n) is 7.77. The van der Waals surface area contributed by atoms with E-state index in [1.807, 2.05) is 0 Å². The topological polar surface area (TPSA) is 130 Å². The molecule has 1 unspecified atom stereocenters. The molecule has 15 heteroatoms. The highest BCUT2D eigenvalue weighted by molar-refractivity contribution is 6.06. The van der Waals surface area contributed by atoms with Gasteiger partial charge in [-0.25, -0.2) is 23.8 Å². The van der Waals surface area contributed by atoms with Gasteiger partial charge in [-0.2, -0.15) is 13.2 Å². The second kappa shape index (κ2) is 10.9. The minimum Gasteiger partial charge on any atom is -0.452 e. The lowest BCUT2D eigenvalue weighted by Crippen LogP contribution is -2.64. The Morgan fingerprint density at radius 2 is 1.93 bits per heavy atom. The van der Waals surface area contributed by atoms with Crippen LogP contribution in [0.4, 0.5) is 32.8 Å². The highest BCUT2D eigenvalue weighted by Gasteiger charge is 2.61. The molecule has 3 amide bonds. The van der Waals surface area contributed by atoms with Crippen LogP contribution >= 0.6 is 0 Å². The van der Waals surface area contributed by atoms with Gasteiger partial charge in [-0.3, -0.25) is 19.9 Å². The smallest absolute Gasteiger partial charge is 0.419 e. The van der Waals surface area contributed by atoms with Crippen LogP contribution in [-0.4, -0.2) is 78.2 Å². The third kappa shape index (κ3) is 5.28. The number of alkyl halides is 3. The van der Waals surface area contributed by atoms with Crippen molar-refractivity contribution in [2.45, 2.75) is 49.7 Å². The molecule has 3 atom stereocenters. The summed E-state index contributed by atoms with van der Waals surface area (Å²) in [5.74, 6) is -1.35. The summed E-state index contributed by atoms with van der Waals surface area (Å²) in [5, 5.41) is 5.16. The summed E-state index contributed by atoms with van der Waals surface area (Å²) in [4.78, 5) is 56.7. The maximum atomic E-state index is 14.3. The average molecular weight is 606 g/mol. The van der Waals surface area contributed by atoms with Crippen LogP contribution in [0.5, 0.6) is 0 Å². The van der Waals surface area contributed by atoms with Gasteiger partial charge in [0.1, 0.15) is 11.4 Å². The predicted molar refractivity (Wildman–Crippen MR) is 142 cm³/mol. The number of aldehydes is 1. The molecule has 2 aromatic rings. The SMILES string of the molecule is COC(=O)N1CCN=C1Nc1ccc2c(c1)CC[C@@]21OC(=O)N(C(C=O)N[C@@](C)(Cc2ccc(F)cc2)C(F)(F)F)C1=O. The molecule has 1 spiro atoms. The second-order valence-corrected chi connectivity index (χ2v) is 10.6. The molecule has 43 heavy (non-hydrogen) atoms. The fourth-order valence-corrected chi connectivity index (χ4v) is 5.51. The van der Waals surface area contributed by atoms with Crippen LogP contribution < -0.4 is 10.6 Å². The number of anilines is 1. The van der Waals surface area contributed by atoms with Crippen LogP contribution in [0.2, 0.25) is 0 Å². The lowest BCUT2D eigenvalue weighted by molar-refractivity contribution is -0.196. The van der Waals surface area contributed by atoms with Crippen molar-refractivity contribution >= 4 is 36.0 Å². The number of carbonyl (C=O) groups is 4. The quantitative estimate of drug-likeness (QED) is 0.363. The molecule has 0 bridgehead atoms. The third-order valence-corrected chi connectivity index (χ3v) is 7.77. The van der Waals surface area contributed by atoms with Crippen LogP contribution in [-0.2, 0) is 37.5 Å². The van der Waals surface area contributed by atoms with E-state index in [1.165, 1.54) is 30.2 Å². The molecule has 0 saturated carbocycles. The summed E-state index contributed by atoms with van der Waals surface area (Å²) < 4.78 is 66.5. The number of carbonyl (C=O) groups excluding carboxylic acids is 4. The van der Waals surface area contributed by atoms with E-state index in [4.69, 9.17) is 9.47 Å². The van der Waals surface area contributed by atoms with Crippen molar-refractivity contribution in [3.63, 3.8) is 0 Å². The van der Waals surface area contributed by atoms with E-state index < -0.39 is 53.8 Å². The van der Waals surface area contributed by atoms with Gasteiger partial charge in [0, 0.05) is 17.7 Å². The number of ether oxygens (including phenoxy) is 2. The van der Waals surface area contributed by atoms with Gasteiger partial charge in [0.2, 0.25) is 11.6 Å². The number of methoxy groups -OCH3 is 1. The van der Waals surface area contributed by atoms with E-state index in [0.717, 1.165) is 19.1 Å². The molecule has 2 aliphatic heterocycles. The minimum absolute atomic E-state index is 0.000211. The number of benzene rings is 2. The van der Waals surface area contributed by atoms with Crippen molar-refractivity contribution in [2.75, 3.05) is 25.5 Å². The Labute approximate surface area is 242 Å². The first-order valence-electron chi connectivity index (χ1n) is 13.2. The van der Waals surface area contributed by atoms with Crippen LogP contribution in [0.1, 0.15) is 30.0 Å². The van der Waals surface area contributed by atoms with E-state index in [2.05, 4.69) is 15.6 Å². The van der Waals surface area contributed by atoms with E-state index in [9.17, 15) is 36.7 Å². The summed E-state index contributed by atoms with van der Waals surface area (Å²) in [6.45, 7) is 1.48. The summed E-state index contributed by atoms with van der Waals surface area (Å²) in [5.41, 5.74) is -3.05. The van der Waals surface area contributed by atoms with Gasteiger partial charge < -0.3 is 14.8 Å². The number of hydrogen-bond acceptors (Lipinski definition) is 9. The molecule has 1 aliphatic carbocycles. The molecule has 1 fully saturated rings. The number of nitrogens with one attached hydrogen (secondary N) is 2. The summed E-state index contributed by atoms with van der Waals surface area (Å²) in [6.07, 6.45) is -9.24. The lowest BCUT2D eigenvalue weighted by atomic mass is 9.91. The summed E-state index contributed by atoms with van der Waals surface area (Å²) >= 11 is 0. The maximum Gasteiger partial charge on any atom is 0.419 e. The molecule has 2 aromatic carbocycles. The van der Waals surface area contributed by atoms with Crippen molar-refractivity contribution in [1.82, 2.24) is 15.1 Å². The van der Waals surface area contributed by atoms with Gasteiger partial charge in [-0.15, -0.1) is 0 Å². The molecule has 1 saturated heterocycles. The molecule has 2 heterocycles. The van der Waals surface area contributed by atoms with Gasteiger partial charge in [-0.05, 0) is 55.2 Å². The van der Waals surface area contributed by atoms with Crippen molar-refractivity contribution < 1.29 is 46.2 Å². The molecule has 0 radical (unpaired) electrons. The first-order chi connectivity index (χ1) is 20.3. The van der Waals surface area contributed by atoms with E-state index in [1.54, 1.807) is 12.1 Å². The number of hydrogen-bond donors (Lipinski definition) is 2. The number of guanidine groups is 1. The Hall–Kier alpha value is -4.53. The van der Waals surface area contributed by atoms with Gasteiger partial charge in [-0.1, -0.05) is 18.2 Å². The Kier molecular flexibility index (Phi) is 7.62. The van der Waals surface area contributed by atoms with Crippen LogP contribution in [0, 0.1) is 5.82 Å². The molecule has 0 aromatic heterocycles. The molecule has 2 N–H and O–H groups in total. The Morgan fingerprint density at radius 3 is 2.58 bits per heavy atom. The molecular weight excluding hydrogens is 578 g/mol. The average Bonchev–Trinajstić information content (AvgIpc) is 3.64. The monoisotopic (exact) mass is 605 g/mol. The summed E-state index contributed by atoms with van der Waals surface area (Å²) in [7, 11) is 1.25. The number of rotatable bonds is 7. The van der Waals surface area contributed by atoms with Crippen LogP contribution in [0.3, 0.4) is 0 Å². The molecule has 228 valence electrons. The number of aliphatic imine (C=N–C) groups is 1. The van der Waals surface area contributed by atoms with Crippen LogP contribution in [0.25, 0.3) is 0 Å². The normalized spacial score (nSPS) is 21.8. The van der Waals surface area contributed by atoms with Crippen LogP contribution in [0.15, 0.2) is 47.5 Å². The standard InChI is InChI=1S/C28H27F4N5O6/c1-26(28(30,31)32,14-16-3-5-18(29)6-4-16)35-21(15-38)37-22(39)27(43-25(37)41)10-9-17-13-19(7-8-20(17)27)34-23-33-11-12-36(23)24(40)42-2/h3-8,13,15,21,35H,9-12,14H2,1-2H3,(H,33,34)/t21?,26-,27+/m0/s1.